The first-order chi connectivity index (χ1) is 24.9. The number of carbonyl (C=O) groups excluding carboxylic acids is 3. The molecule has 7 unspecified atom stereocenters. The third kappa shape index (κ3) is 6.83. The molecule has 3 aromatic heterocycles. The van der Waals surface area contributed by atoms with Gasteiger partial charge in [0.2, 0.25) is 12.6 Å². The van der Waals surface area contributed by atoms with E-state index in [1.54, 1.807) is 12.4 Å². The molecular weight excluding hydrogens is 644 g/mol. The molecule has 0 spiro atoms. The van der Waals surface area contributed by atoms with Gasteiger partial charge in [0.1, 0.15) is 0 Å². The summed E-state index contributed by atoms with van der Waals surface area (Å²) in [6, 6.07) is 11.9. The molecule has 1 N–H and O–H groups in total. The molecule has 2 saturated carbocycles. The van der Waals surface area contributed by atoms with Crippen molar-refractivity contribution < 1.29 is 23.7 Å². The number of ether oxygens (including phenoxy) is 1. The molecule has 0 bridgehead atoms. The van der Waals surface area contributed by atoms with Gasteiger partial charge in [0.05, 0.1) is 42.6 Å². The fraction of sp³-hybridized carbons (Fsp3) is 0.538. The highest BCUT2D eigenvalue weighted by Crippen LogP contribution is 2.46. The maximum atomic E-state index is 14.3. The van der Waals surface area contributed by atoms with Crippen LogP contribution in [0.5, 0.6) is 0 Å². The maximum absolute atomic E-state index is 14.3. The van der Waals surface area contributed by atoms with Gasteiger partial charge in [-0.3, -0.25) is 24.3 Å². The summed E-state index contributed by atoms with van der Waals surface area (Å²) in [5.41, 5.74) is 2.46. The Hall–Kier alpha value is -4.42. The Morgan fingerprint density at radius 2 is 2.00 bits per heavy atom. The minimum Gasteiger partial charge on any atom is -0.369 e. The number of imidazole rings is 1. The molecule has 8 rings (SSSR count). The van der Waals surface area contributed by atoms with Crippen molar-refractivity contribution in [3.8, 4) is 0 Å². The quantitative estimate of drug-likeness (QED) is 0.195. The monoisotopic (exact) mass is 693 g/mol. The van der Waals surface area contributed by atoms with Gasteiger partial charge in [0, 0.05) is 93.6 Å². The third-order valence-corrected chi connectivity index (χ3v) is 11.9. The number of hydrogen-bond acceptors (Lipinski definition) is 8. The average Bonchev–Trinajstić information content (AvgIpc) is 3.70. The second kappa shape index (κ2) is 14.7. The summed E-state index contributed by atoms with van der Waals surface area (Å²) in [5.74, 6) is -0.522. The molecule has 0 aromatic carbocycles. The lowest BCUT2D eigenvalue weighted by Crippen LogP contribution is -2.71. The molecule has 12 heteroatoms. The van der Waals surface area contributed by atoms with Gasteiger partial charge in [0.15, 0.2) is 17.7 Å². The van der Waals surface area contributed by atoms with Gasteiger partial charge < -0.3 is 24.4 Å². The van der Waals surface area contributed by atoms with E-state index >= 15 is 0 Å². The fourth-order valence-electron chi connectivity index (χ4n) is 9.16. The number of pyridine rings is 2. The zero-order valence-electron chi connectivity index (χ0n) is 29.4. The van der Waals surface area contributed by atoms with Crippen molar-refractivity contribution in [2.24, 2.45) is 11.8 Å². The van der Waals surface area contributed by atoms with Crippen LogP contribution in [-0.4, -0.2) is 104 Å². The standard InChI is InChI=1S/C39H49N8O4/c1-43(20-13-28-7-2-4-15-41-28)38(49)27-9-12-33-34(23-27)51-37-32(42-16-6-18-44-22-17-40-25-44)11-10-30-35(37)47(33)24-31(36(30)48)39(50)46-21-14-29-8-3-5-19-45(29)26-46/h2-5,7-8,15,17,19,22,24-25,27,30,32-35,37,42H,6,9-14,16,18,20-21,23,26H2,1H3/q+1. The van der Waals surface area contributed by atoms with Crippen LogP contribution in [-0.2, 0) is 45.2 Å². The Labute approximate surface area is 299 Å². The lowest BCUT2D eigenvalue weighted by molar-refractivity contribution is -0.725. The highest BCUT2D eigenvalue weighted by Gasteiger charge is 2.57. The number of ketones is 1. The largest absolute Gasteiger partial charge is 0.369 e. The zero-order valence-corrected chi connectivity index (χ0v) is 29.4. The number of nitrogens with zero attached hydrogens (tertiary/aromatic N) is 7. The summed E-state index contributed by atoms with van der Waals surface area (Å²) in [5, 5.41) is 3.79. The van der Waals surface area contributed by atoms with Gasteiger partial charge in [-0.1, -0.05) is 12.1 Å². The molecule has 268 valence electrons. The van der Waals surface area contributed by atoms with Crippen LogP contribution in [0, 0.1) is 11.8 Å². The van der Waals surface area contributed by atoms with E-state index in [0.29, 0.717) is 44.6 Å². The van der Waals surface area contributed by atoms with Crippen molar-refractivity contribution in [2.45, 2.75) is 94.9 Å². The number of rotatable bonds is 10. The van der Waals surface area contributed by atoms with E-state index in [4.69, 9.17) is 4.74 Å². The molecule has 3 aromatic rings. The van der Waals surface area contributed by atoms with Crippen molar-refractivity contribution in [3.05, 3.63) is 90.7 Å². The first-order valence-corrected chi connectivity index (χ1v) is 18.7. The van der Waals surface area contributed by atoms with Crippen LogP contribution in [0.15, 0.2) is 79.3 Å². The first-order valence-electron chi connectivity index (χ1n) is 18.7. The predicted molar refractivity (Wildman–Crippen MR) is 187 cm³/mol. The number of Topliss-reactive ketones (excluding diaryl/α,β-unsaturated/α-hetero) is 1. The number of nitrogens with one attached hydrogen (secondary N) is 1. The topological polar surface area (TPSA) is 117 Å². The Kier molecular flexibility index (Phi) is 9.70. The number of hydrogen-bond donors (Lipinski definition) is 1. The van der Waals surface area contributed by atoms with E-state index in [0.717, 1.165) is 50.9 Å². The minimum atomic E-state index is -0.300. The number of fused-ring (bicyclic) bond motifs is 3. The Balaban J connectivity index is 1.01. The van der Waals surface area contributed by atoms with Gasteiger partial charge in [-0.2, -0.15) is 4.57 Å². The van der Waals surface area contributed by atoms with Crippen LogP contribution >= 0.6 is 0 Å². The van der Waals surface area contributed by atoms with Gasteiger partial charge in [0.25, 0.3) is 5.91 Å². The van der Waals surface area contributed by atoms with E-state index in [2.05, 4.69) is 35.4 Å². The van der Waals surface area contributed by atoms with Gasteiger partial charge in [-0.05, 0) is 57.2 Å². The first kappa shape index (κ1) is 33.7. The minimum absolute atomic E-state index is 0.00368. The summed E-state index contributed by atoms with van der Waals surface area (Å²) < 4.78 is 11.2. The lowest BCUT2D eigenvalue weighted by atomic mass is 9.69. The number of aryl methyl sites for hydroxylation is 1. The Bertz CT molecular complexity index is 1750. The summed E-state index contributed by atoms with van der Waals surface area (Å²) in [6.45, 7) is 3.33. The summed E-state index contributed by atoms with van der Waals surface area (Å²) in [6.07, 6.45) is 17.0. The van der Waals surface area contributed by atoms with Crippen molar-refractivity contribution in [2.75, 3.05) is 26.7 Å². The number of aromatic nitrogens is 4. The van der Waals surface area contributed by atoms with Crippen LogP contribution in [0.4, 0.5) is 0 Å². The third-order valence-electron chi connectivity index (χ3n) is 11.9. The van der Waals surface area contributed by atoms with E-state index < -0.39 is 0 Å². The molecule has 6 heterocycles. The second-order valence-electron chi connectivity index (χ2n) is 14.9. The summed E-state index contributed by atoms with van der Waals surface area (Å²) in [7, 11) is 1.89. The molecule has 7 atom stereocenters. The molecule has 3 fully saturated rings. The van der Waals surface area contributed by atoms with Gasteiger partial charge >= 0.3 is 0 Å². The zero-order chi connectivity index (χ0) is 34.9. The fourth-order valence-corrected chi connectivity index (χ4v) is 9.16. The number of carbonyl (C=O) groups is 3. The van der Waals surface area contributed by atoms with E-state index in [1.807, 2.05) is 72.1 Å². The van der Waals surface area contributed by atoms with E-state index in [-0.39, 0.29) is 59.8 Å². The molecule has 1 saturated heterocycles. The number of likely N-dealkylation sites (N-methyl/N-ethyl adjacent to an activating group) is 1. The van der Waals surface area contributed by atoms with Crippen molar-refractivity contribution in [1.82, 2.24) is 34.6 Å². The molecule has 51 heavy (non-hydrogen) atoms. The highest BCUT2D eigenvalue weighted by atomic mass is 16.5. The molecule has 2 amide bonds. The normalized spacial score (nSPS) is 28.3. The highest BCUT2D eigenvalue weighted by molar-refractivity contribution is 6.20. The lowest BCUT2D eigenvalue weighted by Gasteiger charge is -2.59. The van der Waals surface area contributed by atoms with Crippen LogP contribution < -0.4 is 9.88 Å². The molecule has 12 nitrogen and oxygen atoms in total. The van der Waals surface area contributed by atoms with Crippen molar-refractivity contribution >= 4 is 17.6 Å². The molecule has 0 radical (unpaired) electrons. The van der Waals surface area contributed by atoms with Crippen LogP contribution in [0.3, 0.4) is 0 Å². The van der Waals surface area contributed by atoms with E-state index in [1.165, 1.54) is 5.69 Å². The van der Waals surface area contributed by atoms with Gasteiger partial charge in [-0.25, -0.2) is 4.98 Å². The SMILES string of the molecule is CN(CCc1ccccn1)C(=O)C1CCC2C(C1)OC1C(NCCCn3ccnc3)CCC3C(=O)C(C(=O)N4CCc5cccc[n+]5C4)=CN2C31. The molecule has 3 aliphatic heterocycles. The van der Waals surface area contributed by atoms with E-state index in [9.17, 15) is 14.4 Å². The van der Waals surface area contributed by atoms with Crippen LogP contribution in [0.1, 0.15) is 49.9 Å². The predicted octanol–water partition coefficient (Wildman–Crippen LogP) is 2.14. The second-order valence-corrected chi connectivity index (χ2v) is 14.9. The average molecular weight is 694 g/mol. The Morgan fingerprint density at radius 3 is 2.84 bits per heavy atom. The van der Waals surface area contributed by atoms with Crippen molar-refractivity contribution in [3.63, 3.8) is 0 Å². The van der Waals surface area contributed by atoms with Crippen LogP contribution in [0.25, 0.3) is 0 Å². The molecule has 2 aliphatic carbocycles. The molecule has 5 aliphatic rings. The van der Waals surface area contributed by atoms with Gasteiger partial charge in [-0.15, -0.1) is 0 Å². The maximum Gasteiger partial charge on any atom is 0.263 e. The summed E-state index contributed by atoms with van der Waals surface area (Å²) in [4.78, 5) is 56.8. The molecular formula is C39H49N8O4+. The number of morpholine rings is 1. The summed E-state index contributed by atoms with van der Waals surface area (Å²) >= 11 is 0. The van der Waals surface area contributed by atoms with Crippen molar-refractivity contribution in [1.29, 1.82) is 0 Å². The Morgan fingerprint density at radius 1 is 1.10 bits per heavy atom. The smallest absolute Gasteiger partial charge is 0.263 e. The number of amides is 2. The van der Waals surface area contributed by atoms with Crippen LogP contribution in [0.2, 0.25) is 0 Å².